The summed E-state index contributed by atoms with van der Waals surface area (Å²) >= 11 is 0. The number of carbonyl (C=O) groups is 4. The standard InChI is InChI=1S/C55H79NO6/c1-14-16-18-30-42(7)52(59)61-48-36-54(10,11)45(43(8)50(48)57)34-32-40(5)28-22-26-38(3)24-20-21-25-39(4)27-23-29-41(6)33-35-46-44(9)51(58)49(37-55(46,12)13)62-53(60)47(56)31-19-17-15-2/h20-29,32-35,42,47-49H,14-19,30-31,36-37,56H2,1-13H3/b21-20+,26-22+,27-23+,34-32+,35-33+,38-24+,39-25+,40-28+,41-29+. The van der Waals surface area contributed by atoms with Gasteiger partial charge in [0, 0.05) is 12.8 Å². The van der Waals surface area contributed by atoms with Crippen molar-refractivity contribution in [2.75, 3.05) is 0 Å². The van der Waals surface area contributed by atoms with Gasteiger partial charge < -0.3 is 15.2 Å². The predicted octanol–water partition coefficient (Wildman–Crippen LogP) is 13.1. The van der Waals surface area contributed by atoms with Gasteiger partial charge in [0.25, 0.3) is 0 Å². The Morgan fingerprint density at radius 2 is 0.984 bits per heavy atom. The molecule has 0 saturated carbocycles. The van der Waals surface area contributed by atoms with E-state index >= 15 is 0 Å². The molecule has 2 aliphatic carbocycles. The fraction of sp³-hybridized carbons (Fsp3) is 0.527. The Balaban J connectivity index is 1.97. The smallest absolute Gasteiger partial charge is 0.323 e. The Bertz CT molecular complexity index is 1790. The highest BCUT2D eigenvalue weighted by Crippen LogP contribution is 2.42. The van der Waals surface area contributed by atoms with E-state index in [9.17, 15) is 19.2 Å². The second-order valence-electron chi connectivity index (χ2n) is 18.7. The van der Waals surface area contributed by atoms with Crippen molar-refractivity contribution in [3.05, 3.63) is 130 Å². The van der Waals surface area contributed by atoms with Gasteiger partial charge in [-0.2, -0.15) is 0 Å². The van der Waals surface area contributed by atoms with E-state index in [1.807, 2.05) is 95.4 Å². The summed E-state index contributed by atoms with van der Waals surface area (Å²) in [5.41, 5.74) is 12.9. The summed E-state index contributed by atoms with van der Waals surface area (Å²) in [5, 5.41) is 0. The lowest BCUT2D eigenvalue weighted by Crippen LogP contribution is -2.42. The molecule has 4 atom stereocenters. The molecule has 2 N–H and O–H groups in total. The molecule has 62 heavy (non-hydrogen) atoms. The molecule has 7 heteroatoms. The maximum Gasteiger partial charge on any atom is 0.323 e. The molecule has 0 bridgehead atoms. The number of hydrogen-bond donors (Lipinski definition) is 1. The van der Waals surface area contributed by atoms with Crippen molar-refractivity contribution in [2.45, 2.75) is 172 Å². The van der Waals surface area contributed by atoms with Gasteiger partial charge in [0.05, 0.1) is 5.92 Å². The number of carbonyl (C=O) groups excluding carboxylic acids is 4. The van der Waals surface area contributed by atoms with Crippen molar-refractivity contribution >= 4 is 23.5 Å². The number of Topliss-reactive ketones (excluding diaryl/α,β-unsaturated/α-hetero) is 2. The zero-order valence-electron chi connectivity index (χ0n) is 40.5. The molecule has 0 aromatic rings. The molecule has 0 radical (unpaired) electrons. The number of ketones is 2. The molecular formula is C55H79NO6. The first-order chi connectivity index (χ1) is 29.1. The molecule has 0 amide bonds. The molecule has 4 unspecified atom stereocenters. The van der Waals surface area contributed by atoms with Gasteiger partial charge in [0.2, 0.25) is 0 Å². The molecule has 340 valence electrons. The van der Waals surface area contributed by atoms with Crippen molar-refractivity contribution in [1.82, 2.24) is 0 Å². The Kier molecular flexibility index (Phi) is 22.5. The average Bonchev–Trinajstić information content (AvgIpc) is 3.20. The van der Waals surface area contributed by atoms with Crippen LogP contribution >= 0.6 is 0 Å². The first-order valence-electron chi connectivity index (χ1n) is 22.9. The SMILES string of the molecule is CCCCCC(C)C(=O)OC1CC(C)(C)C(/C=C/C(C)=C/C=C/C(C)=C/C=C/C=C(C)/C=C/C=C(C)/C=C/C2=C(C)C(=O)C(OC(=O)C(N)CCCCC)CC2(C)C)=C(C)C1=O. The number of unbranched alkanes of at least 4 members (excludes halogenated alkanes) is 4. The van der Waals surface area contributed by atoms with Crippen molar-refractivity contribution < 1.29 is 28.7 Å². The first kappa shape index (κ1) is 53.5. The maximum absolute atomic E-state index is 13.3. The van der Waals surface area contributed by atoms with E-state index in [0.717, 1.165) is 78.4 Å². The van der Waals surface area contributed by atoms with Gasteiger partial charge in [-0.05, 0) is 87.5 Å². The van der Waals surface area contributed by atoms with Crippen LogP contribution in [0.4, 0.5) is 0 Å². The summed E-state index contributed by atoms with van der Waals surface area (Å²) in [6.07, 6.45) is 35.3. The zero-order chi connectivity index (χ0) is 46.6. The molecule has 0 heterocycles. The lowest BCUT2D eigenvalue weighted by atomic mass is 9.71. The van der Waals surface area contributed by atoms with Crippen molar-refractivity contribution in [2.24, 2.45) is 22.5 Å². The zero-order valence-corrected chi connectivity index (χ0v) is 40.5. The van der Waals surface area contributed by atoms with Gasteiger partial charge in [0.15, 0.2) is 23.8 Å². The number of rotatable bonds is 22. The van der Waals surface area contributed by atoms with E-state index in [4.69, 9.17) is 15.2 Å². The molecule has 7 nitrogen and oxygen atoms in total. The van der Waals surface area contributed by atoms with Gasteiger partial charge in [-0.15, -0.1) is 0 Å². The maximum atomic E-state index is 13.3. The number of ether oxygens (including phenoxy) is 2. The normalized spacial score (nSPS) is 21.7. The van der Waals surface area contributed by atoms with Crippen molar-refractivity contribution in [3.8, 4) is 0 Å². The fourth-order valence-electron chi connectivity index (χ4n) is 7.79. The molecule has 0 fully saturated rings. The van der Waals surface area contributed by atoms with Crippen LogP contribution in [0.25, 0.3) is 0 Å². The van der Waals surface area contributed by atoms with E-state index in [-0.39, 0.29) is 34.3 Å². The van der Waals surface area contributed by atoms with Crippen LogP contribution < -0.4 is 5.73 Å². The van der Waals surface area contributed by atoms with Crippen LogP contribution in [0.3, 0.4) is 0 Å². The quantitative estimate of drug-likeness (QED) is 0.0656. The summed E-state index contributed by atoms with van der Waals surface area (Å²) < 4.78 is 11.4. The Morgan fingerprint density at radius 1 is 0.613 bits per heavy atom. The third-order valence-electron chi connectivity index (χ3n) is 11.9. The van der Waals surface area contributed by atoms with Gasteiger partial charge in [0.1, 0.15) is 6.04 Å². The monoisotopic (exact) mass is 850 g/mol. The van der Waals surface area contributed by atoms with E-state index in [1.54, 1.807) is 0 Å². The summed E-state index contributed by atoms with van der Waals surface area (Å²) in [5.74, 6) is -1.23. The van der Waals surface area contributed by atoms with E-state index in [0.29, 0.717) is 30.4 Å². The fourth-order valence-corrected chi connectivity index (χ4v) is 7.79. The number of hydrogen-bond acceptors (Lipinski definition) is 7. The van der Waals surface area contributed by atoms with Crippen LogP contribution in [0, 0.1) is 16.7 Å². The molecule has 2 rings (SSSR count). The average molecular weight is 850 g/mol. The Labute approximate surface area is 375 Å². The molecule has 0 spiro atoms. The van der Waals surface area contributed by atoms with Gasteiger partial charge in [-0.3, -0.25) is 19.2 Å². The number of esters is 2. The second-order valence-corrected chi connectivity index (χ2v) is 18.7. The predicted molar refractivity (Wildman–Crippen MR) is 258 cm³/mol. The Morgan fingerprint density at radius 3 is 1.40 bits per heavy atom. The molecular weight excluding hydrogens is 771 g/mol. The van der Waals surface area contributed by atoms with Crippen molar-refractivity contribution in [3.63, 3.8) is 0 Å². The summed E-state index contributed by atoms with van der Waals surface area (Å²) in [4.78, 5) is 51.9. The highest BCUT2D eigenvalue weighted by Gasteiger charge is 2.41. The molecule has 0 aliphatic heterocycles. The third-order valence-corrected chi connectivity index (χ3v) is 11.9. The lowest BCUT2D eigenvalue weighted by Gasteiger charge is -2.36. The lowest BCUT2D eigenvalue weighted by molar-refractivity contribution is -0.159. The molecule has 0 saturated heterocycles. The van der Waals surface area contributed by atoms with Crippen molar-refractivity contribution in [1.29, 1.82) is 0 Å². The summed E-state index contributed by atoms with van der Waals surface area (Å²) in [7, 11) is 0. The van der Waals surface area contributed by atoms with Crippen LogP contribution in [0.1, 0.15) is 154 Å². The largest absolute Gasteiger partial charge is 0.454 e. The molecule has 0 aromatic heterocycles. The van der Waals surface area contributed by atoms with Crippen LogP contribution in [0.2, 0.25) is 0 Å². The highest BCUT2D eigenvalue weighted by atomic mass is 16.6. The van der Waals surface area contributed by atoms with Crippen LogP contribution in [0.5, 0.6) is 0 Å². The minimum Gasteiger partial charge on any atom is -0.454 e. The van der Waals surface area contributed by atoms with E-state index in [1.165, 1.54) is 0 Å². The number of nitrogens with two attached hydrogens (primary N) is 1. The summed E-state index contributed by atoms with van der Waals surface area (Å²) in [6.45, 7) is 26.3. The van der Waals surface area contributed by atoms with Crippen LogP contribution in [-0.2, 0) is 28.7 Å². The molecule has 0 aromatic carbocycles. The van der Waals surface area contributed by atoms with E-state index in [2.05, 4.69) is 79.7 Å². The number of allylic oxidation sites excluding steroid dienone is 20. The first-order valence-corrected chi connectivity index (χ1v) is 22.9. The molecule has 2 aliphatic rings. The van der Waals surface area contributed by atoms with Gasteiger partial charge in [-0.25, -0.2) is 0 Å². The third kappa shape index (κ3) is 17.6. The van der Waals surface area contributed by atoms with Crippen LogP contribution in [0.15, 0.2) is 130 Å². The van der Waals surface area contributed by atoms with E-state index < -0.39 is 24.2 Å². The minimum atomic E-state index is -0.811. The minimum absolute atomic E-state index is 0.102. The van der Waals surface area contributed by atoms with Gasteiger partial charge in [-0.1, -0.05) is 194 Å². The topological polar surface area (TPSA) is 113 Å². The highest BCUT2D eigenvalue weighted by molar-refractivity contribution is 6.02. The van der Waals surface area contributed by atoms with Gasteiger partial charge >= 0.3 is 11.9 Å². The second kappa shape index (κ2) is 26.1. The Hall–Kier alpha value is -4.62. The summed E-state index contributed by atoms with van der Waals surface area (Å²) in [6, 6.07) is -0.703. The van der Waals surface area contributed by atoms with Crippen LogP contribution in [-0.4, -0.2) is 41.8 Å².